The molecule has 21 heavy (non-hydrogen) atoms. The third-order valence-electron chi connectivity index (χ3n) is 4.59. The molecule has 2 N–H and O–H groups in total. The Hall–Kier alpha value is -1.26. The first-order valence-electron chi connectivity index (χ1n) is 7.79. The number of urea groups is 1. The average molecular weight is 298 g/mol. The van der Waals surface area contributed by atoms with Gasteiger partial charge >= 0.3 is 12.0 Å². The quantitative estimate of drug-likeness (QED) is 0.818. The van der Waals surface area contributed by atoms with Gasteiger partial charge in [0.1, 0.15) is 0 Å². The zero-order valence-corrected chi connectivity index (χ0v) is 14.0. The first-order valence-corrected chi connectivity index (χ1v) is 7.79. The SMILES string of the molecule is CN(C(=O)NC(C)(C)CCC(=O)O)C1CCC(C)(C)CC1. The summed E-state index contributed by atoms with van der Waals surface area (Å²) < 4.78 is 0. The van der Waals surface area contributed by atoms with E-state index < -0.39 is 11.5 Å². The minimum absolute atomic E-state index is 0.0641. The van der Waals surface area contributed by atoms with E-state index in [2.05, 4.69) is 19.2 Å². The molecule has 1 aliphatic carbocycles. The minimum Gasteiger partial charge on any atom is -0.481 e. The van der Waals surface area contributed by atoms with Crippen molar-refractivity contribution in [3.63, 3.8) is 0 Å². The summed E-state index contributed by atoms with van der Waals surface area (Å²) in [5, 5.41) is 11.7. The highest BCUT2D eigenvalue weighted by atomic mass is 16.4. The van der Waals surface area contributed by atoms with Gasteiger partial charge < -0.3 is 15.3 Å². The maximum atomic E-state index is 12.3. The van der Waals surface area contributed by atoms with Gasteiger partial charge in [-0.05, 0) is 51.4 Å². The molecule has 1 rings (SSSR count). The number of carbonyl (C=O) groups is 2. The number of hydrogen-bond donors (Lipinski definition) is 2. The molecule has 0 unspecified atom stereocenters. The van der Waals surface area contributed by atoms with Crippen LogP contribution in [0.15, 0.2) is 0 Å². The molecule has 0 heterocycles. The molecule has 0 aromatic carbocycles. The van der Waals surface area contributed by atoms with E-state index in [1.165, 1.54) is 0 Å². The van der Waals surface area contributed by atoms with Gasteiger partial charge in [-0.1, -0.05) is 13.8 Å². The van der Waals surface area contributed by atoms with E-state index in [1.54, 1.807) is 4.90 Å². The second-order valence-corrected chi connectivity index (χ2v) is 7.71. The molecule has 0 aliphatic heterocycles. The lowest BCUT2D eigenvalue weighted by molar-refractivity contribution is -0.137. The van der Waals surface area contributed by atoms with Crippen molar-refractivity contribution < 1.29 is 14.7 Å². The van der Waals surface area contributed by atoms with Crippen LogP contribution in [0, 0.1) is 5.41 Å². The highest BCUT2D eigenvalue weighted by molar-refractivity contribution is 5.75. The molecule has 0 atom stereocenters. The van der Waals surface area contributed by atoms with Gasteiger partial charge in [0.25, 0.3) is 0 Å². The highest BCUT2D eigenvalue weighted by Gasteiger charge is 2.32. The van der Waals surface area contributed by atoms with Crippen molar-refractivity contribution in [2.24, 2.45) is 5.41 Å². The number of carboxylic acids is 1. The predicted octanol–water partition coefficient (Wildman–Crippen LogP) is 3.24. The van der Waals surface area contributed by atoms with Gasteiger partial charge in [-0.3, -0.25) is 4.79 Å². The number of rotatable bonds is 5. The molecule has 2 amide bonds. The molecule has 0 aromatic heterocycles. The lowest BCUT2D eigenvalue weighted by atomic mass is 9.75. The Morgan fingerprint density at radius 2 is 1.81 bits per heavy atom. The molecule has 5 nitrogen and oxygen atoms in total. The van der Waals surface area contributed by atoms with Gasteiger partial charge in [0.05, 0.1) is 0 Å². The summed E-state index contributed by atoms with van der Waals surface area (Å²) in [5.74, 6) is -0.833. The second-order valence-electron chi connectivity index (χ2n) is 7.71. The van der Waals surface area contributed by atoms with Crippen LogP contribution >= 0.6 is 0 Å². The normalized spacial score (nSPS) is 19.1. The van der Waals surface area contributed by atoms with Crippen molar-refractivity contribution in [2.45, 2.75) is 77.8 Å². The van der Waals surface area contributed by atoms with E-state index in [9.17, 15) is 9.59 Å². The Morgan fingerprint density at radius 1 is 1.29 bits per heavy atom. The fourth-order valence-electron chi connectivity index (χ4n) is 2.80. The first kappa shape index (κ1) is 17.8. The summed E-state index contributed by atoms with van der Waals surface area (Å²) >= 11 is 0. The number of carbonyl (C=O) groups excluding carboxylic acids is 1. The van der Waals surface area contributed by atoms with E-state index in [0.717, 1.165) is 25.7 Å². The summed E-state index contributed by atoms with van der Waals surface area (Å²) in [5.41, 5.74) is -0.119. The smallest absolute Gasteiger partial charge is 0.317 e. The van der Waals surface area contributed by atoms with E-state index in [1.807, 2.05) is 20.9 Å². The van der Waals surface area contributed by atoms with Crippen LogP contribution in [-0.2, 0) is 4.79 Å². The zero-order chi connectivity index (χ0) is 16.3. The van der Waals surface area contributed by atoms with Gasteiger partial charge in [0.15, 0.2) is 0 Å². The molecular formula is C16H30N2O3. The van der Waals surface area contributed by atoms with Crippen LogP contribution in [0.25, 0.3) is 0 Å². The Kier molecular flexibility index (Phi) is 5.65. The molecule has 1 aliphatic rings. The molecule has 0 spiro atoms. The van der Waals surface area contributed by atoms with Crippen molar-refractivity contribution in [1.29, 1.82) is 0 Å². The molecule has 0 bridgehead atoms. The third-order valence-corrected chi connectivity index (χ3v) is 4.59. The van der Waals surface area contributed by atoms with Gasteiger partial charge in [0.2, 0.25) is 0 Å². The van der Waals surface area contributed by atoms with Gasteiger partial charge in [-0.25, -0.2) is 4.79 Å². The number of amides is 2. The predicted molar refractivity (Wildman–Crippen MR) is 83.3 cm³/mol. The fourth-order valence-corrected chi connectivity index (χ4v) is 2.80. The summed E-state index contributed by atoms with van der Waals surface area (Å²) in [6.07, 6.45) is 4.84. The Bertz CT molecular complexity index is 381. The molecule has 0 radical (unpaired) electrons. The Labute approximate surface area is 128 Å². The molecule has 1 saturated carbocycles. The summed E-state index contributed by atoms with van der Waals surface area (Å²) in [7, 11) is 1.84. The molecule has 122 valence electrons. The van der Waals surface area contributed by atoms with Crippen LogP contribution in [0.1, 0.15) is 66.2 Å². The first-order chi connectivity index (χ1) is 9.52. The second kappa shape index (κ2) is 6.67. The van der Waals surface area contributed by atoms with E-state index >= 15 is 0 Å². The third kappa shape index (κ3) is 5.94. The summed E-state index contributed by atoms with van der Waals surface area (Å²) in [6.45, 7) is 8.29. The van der Waals surface area contributed by atoms with Crippen molar-refractivity contribution in [2.75, 3.05) is 7.05 Å². The number of aliphatic carboxylic acids is 1. The number of nitrogens with zero attached hydrogens (tertiary/aromatic N) is 1. The van der Waals surface area contributed by atoms with E-state index in [0.29, 0.717) is 11.8 Å². The van der Waals surface area contributed by atoms with Crippen molar-refractivity contribution in [3.05, 3.63) is 0 Å². The number of carboxylic acid groups (broad SMARTS) is 1. The molecule has 1 fully saturated rings. The van der Waals surface area contributed by atoms with Gasteiger partial charge in [-0.15, -0.1) is 0 Å². The maximum absolute atomic E-state index is 12.3. The van der Waals surface area contributed by atoms with Crippen molar-refractivity contribution in [1.82, 2.24) is 10.2 Å². The van der Waals surface area contributed by atoms with Crippen LogP contribution in [-0.4, -0.2) is 40.6 Å². The molecule has 5 heteroatoms. The zero-order valence-electron chi connectivity index (χ0n) is 14.0. The van der Waals surface area contributed by atoms with Gasteiger partial charge in [-0.2, -0.15) is 0 Å². The van der Waals surface area contributed by atoms with Crippen molar-refractivity contribution >= 4 is 12.0 Å². The van der Waals surface area contributed by atoms with Crippen molar-refractivity contribution in [3.8, 4) is 0 Å². The largest absolute Gasteiger partial charge is 0.481 e. The van der Waals surface area contributed by atoms with Crippen LogP contribution in [0.2, 0.25) is 0 Å². The molecular weight excluding hydrogens is 268 g/mol. The monoisotopic (exact) mass is 298 g/mol. The van der Waals surface area contributed by atoms with Gasteiger partial charge in [0, 0.05) is 25.0 Å². The lowest BCUT2D eigenvalue weighted by Gasteiger charge is -2.39. The Balaban J connectivity index is 2.49. The standard InChI is InChI=1S/C16H30N2O3/c1-15(2)9-6-12(7-10-15)18(5)14(21)17-16(3,4)11-8-13(19)20/h12H,6-11H2,1-5H3,(H,17,21)(H,19,20). The lowest BCUT2D eigenvalue weighted by Crippen LogP contribution is -2.52. The summed E-state index contributed by atoms with van der Waals surface area (Å²) in [4.78, 5) is 24.8. The maximum Gasteiger partial charge on any atom is 0.317 e. The minimum atomic E-state index is -0.833. The highest BCUT2D eigenvalue weighted by Crippen LogP contribution is 2.36. The number of nitrogens with one attached hydrogen (secondary N) is 1. The van der Waals surface area contributed by atoms with Crippen LogP contribution in [0.3, 0.4) is 0 Å². The van der Waals surface area contributed by atoms with E-state index in [-0.39, 0.29) is 18.5 Å². The van der Waals surface area contributed by atoms with Crippen LogP contribution < -0.4 is 5.32 Å². The Morgan fingerprint density at radius 3 is 2.29 bits per heavy atom. The molecule has 0 aromatic rings. The van der Waals surface area contributed by atoms with Crippen LogP contribution in [0.5, 0.6) is 0 Å². The average Bonchev–Trinajstić information content (AvgIpc) is 2.35. The van der Waals surface area contributed by atoms with E-state index in [4.69, 9.17) is 5.11 Å². The fraction of sp³-hybridized carbons (Fsp3) is 0.875. The molecule has 0 saturated heterocycles. The summed E-state index contributed by atoms with van der Waals surface area (Å²) in [6, 6.07) is 0.184. The van der Waals surface area contributed by atoms with Crippen LogP contribution in [0.4, 0.5) is 4.79 Å². The number of hydrogen-bond acceptors (Lipinski definition) is 2. The topological polar surface area (TPSA) is 69.6 Å².